The highest BCUT2D eigenvalue weighted by molar-refractivity contribution is 6.31. The molecule has 17 heavy (non-hydrogen) atoms. The van der Waals surface area contributed by atoms with Crippen molar-refractivity contribution in [1.82, 2.24) is 4.90 Å². The largest absolute Gasteiger partial charge is 0.338 e. The van der Waals surface area contributed by atoms with Gasteiger partial charge in [-0.05, 0) is 19.1 Å². The summed E-state index contributed by atoms with van der Waals surface area (Å²) in [5, 5.41) is 0.337. The molecule has 1 amide bonds. The van der Waals surface area contributed by atoms with E-state index in [1.54, 1.807) is 12.1 Å². The molecule has 0 bridgehead atoms. The van der Waals surface area contributed by atoms with Gasteiger partial charge in [-0.3, -0.25) is 4.79 Å². The summed E-state index contributed by atoms with van der Waals surface area (Å²) >= 11 is 5.91. The summed E-state index contributed by atoms with van der Waals surface area (Å²) in [4.78, 5) is 13.2. The summed E-state index contributed by atoms with van der Waals surface area (Å²) in [7, 11) is 0. The first-order chi connectivity index (χ1) is 8.10. The van der Waals surface area contributed by atoms with Crippen LogP contribution in [0.2, 0.25) is 5.02 Å². The Balaban J connectivity index is 2.84. The van der Waals surface area contributed by atoms with Crippen LogP contribution in [0.5, 0.6) is 0 Å². The summed E-state index contributed by atoms with van der Waals surface area (Å²) in [6, 6.07) is 4.49. The molecule has 94 valence electrons. The van der Waals surface area contributed by atoms with Crippen molar-refractivity contribution in [2.24, 2.45) is 5.73 Å². The molecule has 0 heterocycles. The predicted molar refractivity (Wildman–Crippen MR) is 66.2 cm³/mol. The lowest BCUT2D eigenvalue weighted by atomic mass is 10.2. The summed E-state index contributed by atoms with van der Waals surface area (Å²) in [5.74, 6) is -0.481. The number of benzene rings is 1. The average Bonchev–Trinajstić information content (AvgIpc) is 2.29. The Morgan fingerprint density at radius 1 is 1.53 bits per heavy atom. The number of nitrogens with two attached hydrogens (primary N) is 1. The monoisotopic (exact) mass is 258 g/mol. The van der Waals surface area contributed by atoms with Gasteiger partial charge in [0.2, 0.25) is 5.91 Å². The zero-order valence-electron chi connectivity index (χ0n) is 9.75. The Bertz CT molecular complexity index is 378. The molecule has 1 rings (SSSR count). The van der Waals surface area contributed by atoms with E-state index >= 15 is 0 Å². The van der Waals surface area contributed by atoms with E-state index in [2.05, 4.69) is 0 Å². The van der Waals surface area contributed by atoms with Gasteiger partial charge in [0, 0.05) is 36.6 Å². The van der Waals surface area contributed by atoms with E-state index in [0.717, 1.165) is 0 Å². The van der Waals surface area contributed by atoms with Gasteiger partial charge < -0.3 is 10.6 Å². The molecule has 3 nitrogen and oxygen atoms in total. The molecule has 0 saturated carbocycles. The van der Waals surface area contributed by atoms with Crippen molar-refractivity contribution in [3.8, 4) is 0 Å². The zero-order chi connectivity index (χ0) is 12.8. The minimum atomic E-state index is -0.392. The Morgan fingerprint density at radius 3 is 2.76 bits per heavy atom. The molecule has 0 aliphatic carbocycles. The van der Waals surface area contributed by atoms with E-state index in [-0.39, 0.29) is 18.9 Å². The minimum Gasteiger partial charge on any atom is -0.338 e. The molecule has 0 saturated heterocycles. The number of rotatable bonds is 5. The van der Waals surface area contributed by atoms with Gasteiger partial charge in [0.05, 0.1) is 0 Å². The number of hydrogen-bond acceptors (Lipinski definition) is 2. The van der Waals surface area contributed by atoms with E-state index in [1.165, 1.54) is 11.0 Å². The minimum absolute atomic E-state index is 0.0886. The van der Waals surface area contributed by atoms with E-state index in [0.29, 0.717) is 23.7 Å². The van der Waals surface area contributed by atoms with E-state index in [4.69, 9.17) is 17.3 Å². The van der Waals surface area contributed by atoms with Crippen molar-refractivity contribution in [3.63, 3.8) is 0 Å². The van der Waals surface area contributed by atoms with Crippen LogP contribution < -0.4 is 5.73 Å². The molecule has 1 aromatic rings. The van der Waals surface area contributed by atoms with Gasteiger partial charge in [-0.15, -0.1) is 0 Å². The van der Waals surface area contributed by atoms with Gasteiger partial charge in [-0.25, -0.2) is 4.39 Å². The predicted octanol–water partition coefficient (Wildman–Crippen LogP) is 2.18. The SMILES string of the molecule is CCN(Cc1c(F)cccc1Cl)C(=O)CCN. The Kier molecular flexibility index (Phi) is 5.38. The first-order valence-electron chi connectivity index (χ1n) is 5.50. The third-order valence-electron chi connectivity index (χ3n) is 2.50. The number of amides is 1. The maximum Gasteiger partial charge on any atom is 0.224 e. The van der Waals surface area contributed by atoms with Crippen molar-refractivity contribution in [3.05, 3.63) is 34.6 Å². The van der Waals surface area contributed by atoms with Gasteiger partial charge in [0.15, 0.2) is 0 Å². The van der Waals surface area contributed by atoms with E-state index < -0.39 is 5.82 Å². The second-order valence-corrected chi connectivity index (χ2v) is 4.05. The van der Waals surface area contributed by atoms with Crippen LogP contribution in [0.4, 0.5) is 4.39 Å². The summed E-state index contributed by atoms with van der Waals surface area (Å²) in [6.07, 6.45) is 0.264. The molecule has 0 aliphatic rings. The fraction of sp³-hybridized carbons (Fsp3) is 0.417. The second kappa shape index (κ2) is 6.57. The molecule has 0 spiro atoms. The molecule has 1 aromatic carbocycles. The Morgan fingerprint density at radius 2 is 2.24 bits per heavy atom. The molecule has 0 atom stereocenters. The molecular weight excluding hydrogens is 243 g/mol. The maximum atomic E-state index is 13.5. The maximum absolute atomic E-state index is 13.5. The number of halogens is 2. The highest BCUT2D eigenvalue weighted by Gasteiger charge is 2.15. The van der Waals surface area contributed by atoms with Gasteiger partial charge >= 0.3 is 0 Å². The van der Waals surface area contributed by atoms with Crippen molar-refractivity contribution < 1.29 is 9.18 Å². The van der Waals surface area contributed by atoms with Crippen LogP contribution in [-0.2, 0) is 11.3 Å². The van der Waals surface area contributed by atoms with Crippen LogP contribution in [0.1, 0.15) is 18.9 Å². The number of carbonyl (C=O) groups excluding carboxylic acids is 1. The van der Waals surface area contributed by atoms with Gasteiger partial charge in [-0.2, -0.15) is 0 Å². The highest BCUT2D eigenvalue weighted by atomic mass is 35.5. The molecule has 2 N–H and O–H groups in total. The highest BCUT2D eigenvalue weighted by Crippen LogP contribution is 2.20. The molecule has 0 aliphatic heterocycles. The molecule has 0 fully saturated rings. The van der Waals surface area contributed by atoms with Crippen LogP contribution in [0.25, 0.3) is 0 Å². The lowest BCUT2D eigenvalue weighted by molar-refractivity contribution is -0.131. The van der Waals surface area contributed by atoms with E-state index in [1.807, 2.05) is 6.92 Å². The Labute approximate surface area is 105 Å². The van der Waals surface area contributed by atoms with Crippen molar-refractivity contribution in [2.75, 3.05) is 13.1 Å². The lowest BCUT2D eigenvalue weighted by Crippen LogP contribution is -2.32. The van der Waals surface area contributed by atoms with Gasteiger partial charge in [0.25, 0.3) is 0 Å². The van der Waals surface area contributed by atoms with Crippen LogP contribution >= 0.6 is 11.6 Å². The van der Waals surface area contributed by atoms with Crippen LogP contribution in [0.15, 0.2) is 18.2 Å². The number of nitrogens with zero attached hydrogens (tertiary/aromatic N) is 1. The van der Waals surface area contributed by atoms with E-state index in [9.17, 15) is 9.18 Å². The second-order valence-electron chi connectivity index (χ2n) is 3.65. The summed E-state index contributed by atoms with van der Waals surface area (Å²) < 4.78 is 13.5. The van der Waals surface area contributed by atoms with Gasteiger partial charge in [0.1, 0.15) is 5.82 Å². The Hall–Kier alpha value is -1.13. The first kappa shape index (κ1) is 13.9. The fourth-order valence-electron chi connectivity index (χ4n) is 1.53. The normalized spacial score (nSPS) is 10.4. The fourth-order valence-corrected chi connectivity index (χ4v) is 1.75. The number of carbonyl (C=O) groups is 1. The molecule has 0 radical (unpaired) electrons. The van der Waals surface area contributed by atoms with Crippen molar-refractivity contribution in [1.29, 1.82) is 0 Å². The third kappa shape index (κ3) is 3.68. The molecule has 0 aromatic heterocycles. The van der Waals surface area contributed by atoms with Crippen molar-refractivity contribution in [2.45, 2.75) is 19.9 Å². The first-order valence-corrected chi connectivity index (χ1v) is 5.88. The molecule has 0 unspecified atom stereocenters. The zero-order valence-corrected chi connectivity index (χ0v) is 10.5. The van der Waals surface area contributed by atoms with Crippen LogP contribution in [-0.4, -0.2) is 23.9 Å². The van der Waals surface area contributed by atoms with Crippen LogP contribution in [0.3, 0.4) is 0 Å². The molecule has 5 heteroatoms. The third-order valence-corrected chi connectivity index (χ3v) is 2.86. The van der Waals surface area contributed by atoms with Crippen molar-refractivity contribution >= 4 is 17.5 Å². The lowest BCUT2D eigenvalue weighted by Gasteiger charge is -2.21. The topological polar surface area (TPSA) is 46.3 Å². The summed E-state index contributed by atoms with van der Waals surface area (Å²) in [5.41, 5.74) is 5.68. The molecular formula is C12H16ClFN2O. The van der Waals surface area contributed by atoms with Gasteiger partial charge in [-0.1, -0.05) is 17.7 Å². The summed E-state index contributed by atoms with van der Waals surface area (Å²) in [6.45, 7) is 2.81. The average molecular weight is 259 g/mol. The quantitative estimate of drug-likeness (QED) is 0.880. The standard InChI is InChI=1S/C12H16ClFN2O/c1-2-16(12(17)6-7-15)8-9-10(13)4-3-5-11(9)14/h3-5H,2,6-8,15H2,1H3. The smallest absolute Gasteiger partial charge is 0.224 e. The number of hydrogen-bond donors (Lipinski definition) is 1. The van der Waals surface area contributed by atoms with Crippen LogP contribution in [0, 0.1) is 5.82 Å².